The van der Waals surface area contributed by atoms with Gasteiger partial charge in [0.15, 0.2) is 0 Å². The fourth-order valence-corrected chi connectivity index (χ4v) is 3.91. The van der Waals surface area contributed by atoms with E-state index in [4.69, 9.17) is 4.74 Å². The number of rotatable bonds is 5. The molecule has 0 bridgehead atoms. The van der Waals surface area contributed by atoms with E-state index in [1.165, 1.54) is 0 Å². The molecule has 0 saturated carbocycles. The normalized spacial score (nSPS) is 22.2. The van der Waals surface area contributed by atoms with Crippen molar-refractivity contribution in [1.29, 1.82) is 0 Å². The Morgan fingerprint density at radius 1 is 1.21 bits per heavy atom. The van der Waals surface area contributed by atoms with Crippen molar-refractivity contribution in [2.45, 2.75) is 38.6 Å². The molecule has 1 aliphatic heterocycles. The quantitative estimate of drug-likeness (QED) is 0.584. The second-order valence-corrected chi connectivity index (χ2v) is 7.18. The third kappa shape index (κ3) is 3.26. The van der Waals surface area contributed by atoms with Crippen LogP contribution in [0.3, 0.4) is 0 Å². The summed E-state index contributed by atoms with van der Waals surface area (Å²) >= 11 is 0. The average molecular weight is 383 g/mol. The zero-order valence-electron chi connectivity index (χ0n) is 16.1. The van der Waals surface area contributed by atoms with Crippen LogP contribution >= 0.6 is 0 Å². The lowest BCUT2D eigenvalue weighted by molar-refractivity contribution is -0.0228. The average Bonchev–Trinajstić information content (AvgIpc) is 3.07. The molecule has 4 rings (SSSR count). The van der Waals surface area contributed by atoms with Gasteiger partial charge < -0.3 is 24.8 Å². The number of hydrogen-bond acceptors (Lipinski definition) is 6. The Bertz CT molecular complexity index is 1060. The van der Waals surface area contributed by atoms with Gasteiger partial charge in [-0.3, -0.25) is 4.79 Å². The molecule has 0 aliphatic carbocycles. The number of benzene rings is 1. The van der Waals surface area contributed by atoms with Crippen molar-refractivity contribution in [2.75, 3.05) is 24.6 Å². The number of aromatic nitrogens is 2. The van der Waals surface area contributed by atoms with Crippen LogP contribution in [0.25, 0.3) is 21.9 Å². The minimum absolute atomic E-state index is 0.274. The summed E-state index contributed by atoms with van der Waals surface area (Å²) < 4.78 is 5.65. The van der Waals surface area contributed by atoms with Gasteiger partial charge in [0.05, 0.1) is 24.3 Å². The number of H-pyrrole nitrogens is 1. The molecule has 0 spiro atoms. The minimum Gasteiger partial charge on any atom is -0.394 e. The van der Waals surface area contributed by atoms with Crippen LogP contribution in [0.2, 0.25) is 0 Å². The fraction of sp³-hybridized carbons (Fsp3) is 0.429. The molecule has 0 unspecified atom stereocenters. The van der Waals surface area contributed by atoms with Crippen LogP contribution < -0.4 is 10.5 Å². The number of fused-ring (bicyclic) bond motifs is 2. The molecule has 7 heteroatoms. The summed E-state index contributed by atoms with van der Waals surface area (Å²) in [5, 5.41) is 21.0. The van der Waals surface area contributed by atoms with Crippen LogP contribution in [0.5, 0.6) is 0 Å². The molecule has 2 aromatic heterocycles. The van der Waals surface area contributed by atoms with Gasteiger partial charge in [0, 0.05) is 41.5 Å². The van der Waals surface area contributed by atoms with E-state index in [0.717, 1.165) is 35.1 Å². The van der Waals surface area contributed by atoms with Gasteiger partial charge in [-0.2, -0.15) is 0 Å². The van der Waals surface area contributed by atoms with E-state index in [-0.39, 0.29) is 18.6 Å². The second-order valence-electron chi connectivity index (χ2n) is 7.18. The number of aromatic amines is 1. The van der Waals surface area contributed by atoms with Gasteiger partial charge in [0.25, 0.3) is 5.56 Å². The number of pyridine rings is 2. The first-order valence-electron chi connectivity index (χ1n) is 9.71. The summed E-state index contributed by atoms with van der Waals surface area (Å²) in [6, 6.07) is 9.93. The third-order valence-electron chi connectivity index (χ3n) is 5.52. The van der Waals surface area contributed by atoms with Gasteiger partial charge in [-0.25, -0.2) is 4.98 Å². The van der Waals surface area contributed by atoms with Gasteiger partial charge in [0.1, 0.15) is 11.8 Å². The summed E-state index contributed by atoms with van der Waals surface area (Å²) in [5.41, 5.74) is 2.62. The molecular formula is C21H25N3O4. The highest BCUT2D eigenvalue weighted by Gasteiger charge is 2.35. The van der Waals surface area contributed by atoms with E-state index in [2.05, 4.69) is 34.8 Å². The van der Waals surface area contributed by atoms with E-state index < -0.39 is 18.3 Å². The minimum atomic E-state index is -0.779. The Morgan fingerprint density at radius 3 is 2.68 bits per heavy atom. The number of hydrogen-bond donors (Lipinski definition) is 3. The molecular weight excluding hydrogens is 358 g/mol. The molecule has 1 fully saturated rings. The Labute approximate surface area is 162 Å². The number of nitrogens with one attached hydrogen (secondary N) is 1. The first-order chi connectivity index (χ1) is 13.5. The zero-order valence-corrected chi connectivity index (χ0v) is 16.1. The van der Waals surface area contributed by atoms with Gasteiger partial charge in [-0.05, 0) is 38.1 Å². The van der Waals surface area contributed by atoms with Crippen molar-refractivity contribution in [2.24, 2.45) is 0 Å². The zero-order chi connectivity index (χ0) is 19.8. The maximum absolute atomic E-state index is 12.6. The molecule has 0 radical (unpaired) electrons. The Balaban J connectivity index is 1.77. The van der Waals surface area contributed by atoms with Crippen LogP contribution in [-0.4, -0.2) is 52.1 Å². The van der Waals surface area contributed by atoms with Crippen molar-refractivity contribution in [1.82, 2.24) is 9.97 Å². The summed E-state index contributed by atoms with van der Waals surface area (Å²) in [5.74, 6) is 0. The lowest BCUT2D eigenvalue weighted by Crippen LogP contribution is -2.24. The number of aliphatic hydroxyl groups is 2. The lowest BCUT2D eigenvalue weighted by atomic mass is 10.0. The van der Waals surface area contributed by atoms with Crippen LogP contribution in [0.1, 0.15) is 31.9 Å². The smallest absolute Gasteiger partial charge is 0.255 e. The number of ether oxygens (including phenoxy) is 1. The summed E-state index contributed by atoms with van der Waals surface area (Å²) in [4.78, 5) is 22.3. The third-order valence-corrected chi connectivity index (χ3v) is 5.52. The lowest BCUT2D eigenvalue weighted by Gasteiger charge is -2.21. The Hall–Kier alpha value is -2.48. The Kier molecular flexibility index (Phi) is 5.05. The molecule has 28 heavy (non-hydrogen) atoms. The highest BCUT2D eigenvalue weighted by molar-refractivity contribution is 5.92. The first-order valence-corrected chi connectivity index (χ1v) is 9.71. The maximum atomic E-state index is 12.6. The molecule has 1 aliphatic rings. The van der Waals surface area contributed by atoms with E-state index in [0.29, 0.717) is 11.2 Å². The standard InChI is InChI=1S/C21H25N3O4/c1-3-24(4-2)14-6-5-12-7-13-8-15(18-10-17(26)19(11-25)28-18)21(27)23-20(13)22-16(12)9-14/h5-9,17-19,25-26H,3-4,10-11H2,1-2H3,(H,22,23,27)/t17-,18+,19+/m0/s1. The summed E-state index contributed by atoms with van der Waals surface area (Å²) in [6.07, 6.45) is -1.69. The molecule has 3 N–H and O–H groups in total. The fourth-order valence-electron chi connectivity index (χ4n) is 3.91. The molecule has 148 valence electrons. The van der Waals surface area contributed by atoms with E-state index in [9.17, 15) is 15.0 Å². The van der Waals surface area contributed by atoms with Gasteiger partial charge >= 0.3 is 0 Å². The summed E-state index contributed by atoms with van der Waals surface area (Å²) in [6.45, 7) is 5.79. The number of aliphatic hydroxyl groups excluding tert-OH is 2. The molecule has 3 aromatic rings. The predicted octanol–water partition coefficient (Wildman–Crippen LogP) is 2.11. The van der Waals surface area contributed by atoms with E-state index in [1.54, 1.807) is 6.07 Å². The van der Waals surface area contributed by atoms with Crippen molar-refractivity contribution in [3.8, 4) is 0 Å². The van der Waals surface area contributed by atoms with Crippen LogP contribution in [0.15, 0.2) is 35.1 Å². The van der Waals surface area contributed by atoms with Crippen LogP contribution in [-0.2, 0) is 4.74 Å². The molecule has 1 saturated heterocycles. The van der Waals surface area contributed by atoms with Crippen molar-refractivity contribution < 1.29 is 14.9 Å². The van der Waals surface area contributed by atoms with E-state index in [1.807, 2.05) is 18.2 Å². The Morgan fingerprint density at radius 2 is 2.00 bits per heavy atom. The topological polar surface area (TPSA) is 98.7 Å². The van der Waals surface area contributed by atoms with Crippen molar-refractivity contribution >= 4 is 27.6 Å². The van der Waals surface area contributed by atoms with Crippen molar-refractivity contribution in [3.05, 3.63) is 46.2 Å². The molecule has 1 aromatic carbocycles. The van der Waals surface area contributed by atoms with Crippen molar-refractivity contribution in [3.63, 3.8) is 0 Å². The monoisotopic (exact) mass is 383 g/mol. The molecule has 3 atom stereocenters. The van der Waals surface area contributed by atoms with Crippen LogP contribution in [0, 0.1) is 0 Å². The van der Waals surface area contributed by atoms with E-state index >= 15 is 0 Å². The SMILES string of the molecule is CCN(CC)c1ccc2cc3cc([C@H]4C[C@H](O)[C@@H](CO)O4)c(=O)[nH]c3nc2c1. The molecule has 0 amide bonds. The first kappa shape index (κ1) is 18.9. The largest absolute Gasteiger partial charge is 0.394 e. The highest BCUT2D eigenvalue weighted by atomic mass is 16.5. The summed E-state index contributed by atoms with van der Waals surface area (Å²) in [7, 11) is 0. The maximum Gasteiger partial charge on any atom is 0.255 e. The molecule has 7 nitrogen and oxygen atoms in total. The van der Waals surface area contributed by atoms with Gasteiger partial charge in [-0.1, -0.05) is 6.07 Å². The second kappa shape index (κ2) is 7.50. The number of anilines is 1. The highest BCUT2D eigenvalue weighted by Crippen LogP contribution is 2.32. The predicted molar refractivity (Wildman–Crippen MR) is 109 cm³/mol. The molecule has 3 heterocycles. The van der Waals surface area contributed by atoms with Gasteiger partial charge in [-0.15, -0.1) is 0 Å². The van der Waals surface area contributed by atoms with Gasteiger partial charge in [0.2, 0.25) is 0 Å². The number of nitrogens with zero attached hydrogens (tertiary/aromatic N) is 2. The van der Waals surface area contributed by atoms with Crippen LogP contribution in [0.4, 0.5) is 5.69 Å².